The van der Waals surface area contributed by atoms with Crippen LogP contribution < -0.4 is 0 Å². The molecule has 3 rings (SSSR count). The van der Waals surface area contributed by atoms with Crippen LogP contribution in [0.3, 0.4) is 0 Å². The summed E-state index contributed by atoms with van der Waals surface area (Å²) in [5, 5.41) is 3.32. The minimum atomic E-state index is -4.68. The van der Waals surface area contributed by atoms with Gasteiger partial charge in [-0.1, -0.05) is 59.3 Å². The summed E-state index contributed by atoms with van der Waals surface area (Å²) in [6.45, 7) is 1.99. The Balaban J connectivity index is 1.67. The van der Waals surface area contributed by atoms with Gasteiger partial charge in [0.2, 0.25) is 5.82 Å². The van der Waals surface area contributed by atoms with E-state index in [9.17, 15) is 18.0 Å². The Kier molecular flexibility index (Phi) is 4.88. The smallest absolute Gasteiger partial charge is 0.329 e. The zero-order valence-electron chi connectivity index (χ0n) is 13.9. The number of hydrogen-bond acceptors (Lipinski definition) is 4. The zero-order chi connectivity index (χ0) is 18.7. The van der Waals surface area contributed by atoms with E-state index in [1.54, 1.807) is 12.1 Å². The first-order valence-corrected chi connectivity index (χ1v) is 7.93. The minimum Gasteiger partial charge on any atom is -0.329 e. The van der Waals surface area contributed by atoms with Crippen LogP contribution in [-0.4, -0.2) is 15.9 Å². The summed E-state index contributed by atoms with van der Waals surface area (Å²) in [6, 6.07) is 14.1. The lowest BCUT2D eigenvalue weighted by Crippen LogP contribution is -2.04. The summed E-state index contributed by atoms with van der Waals surface area (Å²) in [7, 11) is 0. The standard InChI is InChI=1S/C19H15F3N2O2/c1-12-3-2-4-13(11-12)5-10-16(25)14-6-8-15(9-7-14)17-23-18(26-24-17)19(20,21)22/h2-4,6-9,11H,5,10H2,1H3. The maximum atomic E-state index is 12.5. The van der Waals surface area contributed by atoms with Crippen LogP contribution in [0.15, 0.2) is 53.1 Å². The number of Topliss-reactive ketones (excluding diaryl/α,β-unsaturated/α-hetero) is 1. The number of carbonyl (C=O) groups is 1. The quantitative estimate of drug-likeness (QED) is 0.609. The summed E-state index contributed by atoms with van der Waals surface area (Å²) in [5.74, 6) is -1.61. The molecule has 0 bridgehead atoms. The topological polar surface area (TPSA) is 56.0 Å². The lowest BCUT2D eigenvalue weighted by Gasteiger charge is -2.04. The molecule has 0 unspecified atom stereocenters. The summed E-state index contributed by atoms with van der Waals surface area (Å²) in [4.78, 5) is 15.6. The first-order valence-electron chi connectivity index (χ1n) is 7.93. The fourth-order valence-corrected chi connectivity index (χ4v) is 2.53. The van der Waals surface area contributed by atoms with Gasteiger partial charge in [-0.25, -0.2) is 0 Å². The molecule has 0 spiro atoms. The van der Waals surface area contributed by atoms with Crippen molar-refractivity contribution in [2.45, 2.75) is 25.9 Å². The van der Waals surface area contributed by atoms with Gasteiger partial charge in [0.1, 0.15) is 0 Å². The Morgan fingerprint density at radius 2 is 1.85 bits per heavy atom. The first kappa shape index (κ1) is 17.8. The van der Waals surface area contributed by atoms with Gasteiger partial charge in [-0.2, -0.15) is 18.2 Å². The summed E-state index contributed by atoms with van der Waals surface area (Å²) >= 11 is 0. The highest BCUT2D eigenvalue weighted by molar-refractivity contribution is 5.96. The number of aromatic nitrogens is 2. The third kappa shape index (κ3) is 4.17. The SMILES string of the molecule is Cc1cccc(CCC(=O)c2ccc(-c3noc(C(F)(F)F)n3)cc2)c1. The van der Waals surface area contributed by atoms with E-state index in [2.05, 4.69) is 14.7 Å². The zero-order valence-corrected chi connectivity index (χ0v) is 13.9. The van der Waals surface area contributed by atoms with E-state index in [-0.39, 0.29) is 11.6 Å². The summed E-state index contributed by atoms with van der Waals surface area (Å²) in [5.41, 5.74) is 3.06. The third-order valence-corrected chi connectivity index (χ3v) is 3.86. The Morgan fingerprint density at radius 3 is 2.46 bits per heavy atom. The van der Waals surface area contributed by atoms with Gasteiger partial charge >= 0.3 is 12.1 Å². The van der Waals surface area contributed by atoms with Crippen molar-refractivity contribution in [1.82, 2.24) is 10.1 Å². The molecule has 7 heteroatoms. The second-order valence-corrected chi connectivity index (χ2v) is 5.91. The van der Waals surface area contributed by atoms with Gasteiger partial charge in [-0.15, -0.1) is 0 Å². The highest BCUT2D eigenvalue weighted by Crippen LogP contribution is 2.29. The molecule has 0 saturated heterocycles. The van der Waals surface area contributed by atoms with E-state index in [4.69, 9.17) is 0 Å². The molecule has 0 fully saturated rings. The molecule has 0 saturated carbocycles. The van der Waals surface area contributed by atoms with Crippen LogP contribution in [0.25, 0.3) is 11.4 Å². The average Bonchev–Trinajstić information content (AvgIpc) is 3.10. The van der Waals surface area contributed by atoms with Crippen molar-refractivity contribution < 1.29 is 22.5 Å². The van der Waals surface area contributed by atoms with Gasteiger partial charge in [-0.3, -0.25) is 4.79 Å². The highest BCUT2D eigenvalue weighted by atomic mass is 19.4. The van der Waals surface area contributed by atoms with Crippen LogP contribution in [0, 0.1) is 6.92 Å². The molecule has 0 atom stereocenters. The van der Waals surface area contributed by atoms with Gasteiger partial charge in [0.15, 0.2) is 5.78 Å². The average molecular weight is 360 g/mol. The van der Waals surface area contributed by atoms with Crippen LogP contribution in [-0.2, 0) is 12.6 Å². The number of aryl methyl sites for hydroxylation is 2. The second kappa shape index (κ2) is 7.11. The number of hydrogen-bond donors (Lipinski definition) is 0. The monoisotopic (exact) mass is 360 g/mol. The van der Waals surface area contributed by atoms with Gasteiger partial charge < -0.3 is 4.52 Å². The van der Waals surface area contributed by atoms with E-state index in [0.717, 1.165) is 11.1 Å². The van der Waals surface area contributed by atoms with Crippen molar-refractivity contribution in [3.63, 3.8) is 0 Å². The van der Waals surface area contributed by atoms with Crippen LogP contribution in [0.1, 0.15) is 33.8 Å². The van der Waals surface area contributed by atoms with Crippen molar-refractivity contribution in [1.29, 1.82) is 0 Å². The van der Waals surface area contributed by atoms with Gasteiger partial charge in [0.05, 0.1) is 0 Å². The van der Waals surface area contributed by atoms with Crippen molar-refractivity contribution in [2.24, 2.45) is 0 Å². The predicted octanol–water partition coefficient (Wildman–Crippen LogP) is 4.88. The number of halogens is 3. The molecule has 3 aromatic rings. The van der Waals surface area contributed by atoms with E-state index < -0.39 is 12.1 Å². The van der Waals surface area contributed by atoms with Crippen LogP contribution in [0.5, 0.6) is 0 Å². The van der Waals surface area contributed by atoms with E-state index in [1.807, 2.05) is 31.2 Å². The lowest BCUT2D eigenvalue weighted by molar-refractivity contribution is -0.159. The Hall–Kier alpha value is -2.96. The predicted molar refractivity (Wildman–Crippen MR) is 88.6 cm³/mol. The van der Waals surface area contributed by atoms with Crippen molar-refractivity contribution in [3.8, 4) is 11.4 Å². The number of nitrogens with zero attached hydrogens (tertiary/aromatic N) is 2. The maximum Gasteiger partial charge on any atom is 0.471 e. The molecule has 134 valence electrons. The molecule has 0 radical (unpaired) electrons. The fourth-order valence-electron chi connectivity index (χ4n) is 2.53. The number of alkyl halides is 3. The highest BCUT2D eigenvalue weighted by Gasteiger charge is 2.38. The van der Waals surface area contributed by atoms with Gasteiger partial charge in [-0.05, 0) is 18.9 Å². The summed E-state index contributed by atoms with van der Waals surface area (Å²) in [6.07, 6.45) is -3.71. The van der Waals surface area contributed by atoms with E-state index in [1.165, 1.54) is 12.1 Å². The number of rotatable bonds is 5. The molecule has 1 aromatic heterocycles. The molecule has 0 aliphatic heterocycles. The Labute approximate surface area is 147 Å². The van der Waals surface area contributed by atoms with Gasteiger partial charge in [0.25, 0.3) is 0 Å². The van der Waals surface area contributed by atoms with Crippen molar-refractivity contribution in [3.05, 3.63) is 71.1 Å². The molecule has 0 N–H and O–H groups in total. The van der Waals surface area contributed by atoms with Crippen LogP contribution in [0.2, 0.25) is 0 Å². The molecule has 2 aromatic carbocycles. The lowest BCUT2D eigenvalue weighted by atomic mass is 10.0. The summed E-state index contributed by atoms with van der Waals surface area (Å²) < 4.78 is 41.7. The number of ketones is 1. The Bertz CT molecular complexity index is 915. The molecule has 1 heterocycles. The van der Waals surface area contributed by atoms with Crippen molar-refractivity contribution in [2.75, 3.05) is 0 Å². The molecule has 0 amide bonds. The van der Waals surface area contributed by atoms with Crippen molar-refractivity contribution >= 4 is 5.78 Å². The third-order valence-electron chi connectivity index (χ3n) is 3.86. The fraction of sp³-hybridized carbons (Fsp3) is 0.211. The first-order chi connectivity index (χ1) is 12.3. The van der Waals surface area contributed by atoms with Crippen LogP contribution in [0.4, 0.5) is 13.2 Å². The molecular weight excluding hydrogens is 345 g/mol. The molecule has 0 aliphatic rings. The largest absolute Gasteiger partial charge is 0.471 e. The normalized spacial score (nSPS) is 11.5. The molecule has 0 aliphatic carbocycles. The minimum absolute atomic E-state index is 0.0397. The van der Waals surface area contributed by atoms with E-state index in [0.29, 0.717) is 24.0 Å². The Morgan fingerprint density at radius 1 is 1.12 bits per heavy atom. The maximum absolute atomic E-state index is 12.5. The molecule has 4 nitrogen and oxygen atoms in total. The number of benzene rings is 2. The molecule has 26 heavy (non-hydrogen) atoms. The second-order valence-electron chi connectivity index (χ2n) is 5.91. The molecular formula is C19H15F3N2O2. The van der Waals surface area contributed by atoms with E-state index >= 15 is 0 Å². The van der Waals surface area contributed by atoms with Crippen LogP contribution >= 0.6 is 0 Å². The van der Waals surface area contributed by atoms with Gasteiger partial charge in [0, 0.05) is 17.5 Å². The number of carbonyl (C=O) groups excluding carboxylic acids is 1.